The maximum absolute atomic E-state index is 13.3. The molecule has 2 unspecified atom stereocenters. The number of pyridine rings is 1. The molecule has 0 bridgehead atoms. The highest BCUT2D eigenvalue weighted by molar-refractivity contribution is 9.24. The zero-order valence-corrected chi connectivity index (χ0v) is 20.3. The van der Waals surface area contributed by atoms with E-state index < -0.39 is 0 Å². The van der Waals surface area contributed by atoms with Gasteiger partial charge in [-0.25, -0.2) is 0 Å². The van der Waals surface area contributed by atoms with Crippen molar-refractivity contribution < 1.29 is 4.84 Å². The van der Waals surface area contributed by atoms with Crippen molar-refractivity contribution in [2.24, 2.45) is 5.92 Å². The summed E-state index contributed by atoms with van der Waals surface area (Å²) >= 11 is 7.43. The summed E-state index contributed by atoms with van der Waals surface area (Å²) in [6, 6.07) is 8.04. The molecule has 29 heavy (non-hydrogen) atoms. The van der Waals surface area contributed by atoms with Crippen LogP contribution in [0.3, 0.4) is 0 Å². The first-order valence-corrected chi connectivity index (χ1v) is 11.7. The van der Waals surface area contributed by atoms with Crippen molar-refractivity contribution in [1.82, 2.24) is 4.73 Å². The zero-order valence-electron chi connectivity index (χ0n) is 17.1. The minimum Gasteiger partial charge on any atom is -0.412 e. The molecule has 0 N–H and O–H groups in total. The lowest BCUT2D eigenvalue weighted by Gasteiger charge is -2.34. The number of hydrogen-bond acceptors (Lipinski definition) is 2. The average Bonchev–Trinajstić information content (AvgIpc) is 2.67. The van der Waals surface area contributed by atoms with E-state index in [0.717, 1.165) is 29.5 Å². The fourth-order valence-electron chi connectivity index (χ4n) is 3.74. The average molecular weight is 521 g/mol. The SMILES string of the molecule is C#CCCC(Br)(Br)c1ccc(-c2cn(OC(C)C)cc(C3CCC3C)c2=O)cc1. The van der Waals surface area contributed by atoms with Gasteiger partial charge in [0.05, 0.1) is 12.4 Å². The van der Waals surface area contributed by atoms with Crippen molar-refractivity contribution >= 4 is 31.9 Å². The Morgan fingerprint density at radius 3 is 2.45 bits per heavy atom. The maximum atomic E-state index is 13.3. The second-order valence-corrected chi connectivity index (χ2v) is 11.9. The Kier molecular flexibility index (Phi) is 6.96. The van der Waals surface area contributed by atoms with E-state index in [-0.39, 0.29) is 14.8 Å². The number of rotatable bonds is 7. The summed E-state index contributed by atoms with van der Waals surface area (Å²) < 4.78 is 1.34. The predicted molar refractivity (Wildman–Crippen MR) is 127 cm³/mol. The quantitative estimate of drug-likeness (QED) is 0.320. The summed E-state index contributed by atoms with van der Waals surface area (Å²) in [6.45, 7) is 6.19. The van der Waals surface area contributed by atoms with Gasteiger partial charge in [-0.05, 0) is 56.1 Å². The van der Waals surface area contributed by atoms with Crippen LogP contribution in [0, 0.1) is 18.3 Å². The molecule has 1 heterocycles. The molecule has 2 aromatic rings. The highest BCUT2D eigenvalue weighted by atomic mass is 79.9. The summed E-state index contributed by atoms with van der Waals surface area (Å²) in [5, 5.41) is 0. The van der Waals surface area contributed by atoms with E-state index in [1.807, 2.05) is 44.3 Å². The van der Waals surface area contributed by atoms with Gasteiger partial charge in [-0.15, -0.1) is 12.3 Å². The van der Waals surface area contributed by atoms with Crippen LogP contribution in [0.2, 0.25) is 0 Å². The largest absolute Gasteiger partial charge is 0.412 e. The molecule has 1 aromatic carbocycles. The number of halogens is 2. The van der Waals surface area contributed by atoms with Gasteiger partial charge >= 0.3 is 0 Å². The smallest absolute Gasteiger partial charge is 0.193 e. The van der Waals surface area contributed by atoms with Gasteiger partial charge < -0.3 is 4.84 Å². The van der Waals surface area contributed by atoms with E-state index in [1.54, 1.807) is 10.9 Å². The van der Waals surface area contributed by atoms with E-state index in [4.69, 9.17) is 11.3 Å². The molecule has 0 spiro atoms. The van der Waals surface area contributed by atoms with Gasteiger partial charge in [-0.3, -0.25) is 4.79 Å². The number of aromatic nitrogens is 1. The lowest BCUT2D eigenvalue weighted by molar-refractivity contribution is 0.0577. The van der Waals surface area contributed by atoms with Gasteiger partial charge in [0.15, 0.2) is 5.43 Å². The third-order valence-electron chi connectivity index (χ3n) is 5.58. The van der Waals surface area contributed by atoms with Crippen LogP contribution in [0.25, 0.3) is 11.1 Å². The van der Waals surface area contributed by atoms with Crippen LogP contribution < -0.4 is 10.3 Å². The molecule has 1 aliphatic carbocycles. The lowest BCUT2D eigenvalue weighted by atomic mass is 9.71. The minimum absolute atomic E-state index is 0.0259. The van der Waals surface area contributed by atoms with Gasteiger partial charge in [0.25, 0.3) is 0 Å². The van der Waals surface area contributed by atoms with Crippen LogP contribution in [0.15, 0.2) is 41.5 Å². The van der Waals surface area contributed by atoms with Crippen molar-refractivity contribution in [2.45, 2.75) is 61.7 Å². The highest BCUT2D eigenvalue weighted by Crippen LogP contribution is 2.43. The first-order valence-electron chi connectivity index (χ1n) is 10.1. The highest BCUT2D eigenvalue weighted by Gasteiger charge is 2.31. The Balaban J connectivity index is 2.00. The molecule has 0 saturated heterocycles. The zero-order chi connectivity index (χ0) is 21.2. The van der Waals surface area contributed by atoms with Crippen LogP contribution in [-0.2, 0) is 3.23 Å². The maximum Gasteiger partial charge on any atom is 0.193 e. The molecule has 3 rings (SSSR count). The number of nitrogens with zero attached hydrogens (tertiary/aromatic N) is 1. The normalized spacial score (nSPS) is 18.9. The van der Waals surface area contributed by atoms with Gasteiger partial charge in [0.1, 0.15) is 9.34 Å². The van der Waals surface area contributed by atoms with E-state index in [0.29, 0.717) is 23.8 Å². The van der Waals surface area contributed by atoms with Crippen LogP contribution in [0.5, 0.6) is 0 Å². The Labute approximate surface area is 190 Å². The minimum atomic E-state index is -0.366. The van der Waals surface area contributed by atoms with Crippen LogP contribution in [0.4, 0.5) is 0 Å². The molecule has 2 atom stereocenters. The second kappa shape index (κ2) is 9.10. The van der Waals surface area contributed by atoms with Crippen molar-refractivity contribution in [2.75, 3.05) is 0 Å². The number of hydrogen-bond donors (Lipinski definition) is 0. The third kappa shape index (κ3) is 4.98. The molecule has 0 aliphatic heterocycles. The first-order chi connectivity index (χ1) is 13.7. The van der Waals surface area contributed by atoms with Crippen LogP contribution in [-0.4, -0.2) is 10.8 Å². The topological polar surface area (TPSA) is 31.2 Å². The molecule has 154 valence electrons. The van der Waals surface area contributed by atoms with E-state index in [9.17, 15) is 4.79 Å². The van der Waals surface area contributed by atoms with E-state index in [2.05, 4.69) is 44.7 Å². The molecule has 1 fully saturated rings. The Hall–Kier alpha value is -1.51. The Bertz CT molecular complexity index is 954. The van der Waals surface area contributed by atoms with Crippen molar-refractivity contribution in [1.29, 1.82) is 0 Å². The summed E-state index contributed by atoms with van der Waals surface area (Å²) in [5.74, 6) is 3.52. The summed E-state index contributed by atoms with van der Waals surface area (Å²) in [4.78, 5) is 19.2. The fraction of sp³-hybridized carbons (Fsp3) is 0.458. The lowest BCUT2D eigenvalue weighted by Crippen LogP contribution is -2.30. The number of terminal acetylenes is 1. The molecule has 0 radical (unpaired) electrons. The molecule has 0 amide bonds. The first kappa shape index (κ1) is 22.2. The summed E-state index contributed by atoms with van der Waals surface area (Å²) in [7, 11) is 0. The number of alkyl halides is 2. The van der Waals surface area contributed by atoms with Crippen molar-refractivity contribution in [3.63, 3.8) is 0 Å². The van der Waals surface area contributed by atoms with Crippen LogP contribution >= 0.6 is 31.9 Å². The van der Waals surface area contributed by atoms with Crippen LogP contribution in [0.1, 0.15) is 63.5 Å². The molecule has 1 aromatic heterocycles. The van der Waals surface area contributed by atoms with Gasteiger partial charge in [0, 0.05) is 17.5 Å². The van der Waals surface area contributed by atoms with E-state index in [1.165, 1.54) is 6.42 Å². The summed E-state index contributed by atoms with van der Waals surface area (Å²) in [6.07, 6.45) is 12.8. The predicted octanol–water partition coefficient (Wildman–Crippen LogP) is 6.22. The standard InChI is InChI=1S/C24H27Br2NO2/c1-5-6-13-24(25,26)19-10-8-18(9-11-19)21-14-27(29-16(2)3)15-22(23(21)28)20-12-7-17(20)4/h1,8-11,14-17,20H,6-7,12-13H2,2-4H3. The molecular formula is C24H27Br2NO2. The Morgan fingerprint density at radius 1 is 1.24 bits per heavy atom. The summed E-state index contributed by atoms with van der Waals surface area (Å²) in [5.41, 5.74) is 3.59. The van der Waals surface area contributed by atoms with Gasteiger partial charge in [-0.1, -0.05) is 63.0 Å². The number of benzene rings is 1. The Morgan fingerprint density at radius 2 is 1.93 bits per heavy atom. The van der Waals surface area contributed by atoms with Gasteiger partial charge in [0.2, 0.25) is 0 Å². The molecule has 5 heteroatoms. The molecule has 1 saturated carbocycles. The molecule has 1 aliphatic rings. The van der Waals surface area contributed by atoms with Gasteiger partial charge in [-0.2, -0.15) is 4.73 Å². The van der Waals surface area contributed by atoms with Crippen molar-refractivity contribution in [3.8, 4) is 23.5 Å². The van der Waals surface area contributed by atoms with Crippen molar-refractivity contribution in [3.05, 3.63) is 58.0 Å². The monoisotopic (exact) mass is 519 g/mol. The molecular weight excluding hydrogens is 494 g/mol. The molecule has 3 nitrogen and oxygen atoms in total. The second-order valence-electron chi connectivity index (χ2n) is 8.12. The third-order valence-corrected chi connectivity index (χ3v) is 7.29. The van der Waals surface area contributed by atoms with E-state index >= 15 is 0 Å². The fourth-order valence-corrected chi connectivity index (χ4v) is 4.67.